The van der Waals surface area contributed by atoms with Crippen molar-refractivity contribution >= 4 is 43.5 Å². The van der Waals surface area contributed by atoms with Crippen LogP contribution in [0.25, 0.3) is 88.8 Å². The van der Waals surface area contributed by atoms with Gasteiger partial charge in [-0.3, -0.25) is 0 Å². The van der Waals surface area contributed by atoms with Crippen molar-refractivity contribution in [3.05, 3.63) is 222 Å². The van der Waals surface area contributed by atoms with Crippen LogP contribution in [0.5, 0.6) is 0 Å². The van der Waals surface area contributed by atoms with Crippen LogP contribution in [-0.4, -0.2) is 15.0 Å². The van der Waals surface area contributed by atoms with Crippen molar-refractivity contribution in [3.63, 3.8) is 0 Å². The molecular formula is C54H33N3O. The highest BCUT2D eigenvalue weighted by molar-refractivity contribution is 6.11. The Morgan fingerprint density at radius 3 is 1.52 bits per heavy atom. The number of furan rings is 1. The van der Waals surface area contributed by atoms with Crippen LogP contribution in [0.1, 0.15) is 22.3 Å². The zero-order valence-corrected chi connectivity index (χ0v) is 31.3. The standard InChI is InChI=1S/C54H33N3O/c1-3-18-40(19-4-1)54(41-20-5-2-6-21-41)47-25-12-11-22-42(47)45-32-46-43-23-13-24-44(50(43)58-49(46)33-48(45)54)53-56-51(38-28-26-34-14-7-9-16-36(34)30-38)55-52(57-53)39-29-27-35-15-8-10-17-37(35)31-39/h1-33H. The molecule has 0 N–H and O–H groups in total. The SMILES string of the molecule is c1ccc(C2(c3ccccc3)c3ccccc3-c3cc4c(cc32)oc2c(-c3nc(-c5ccc6ccccc6c5)nc(-c5ccc6ccccc6c5)n3)cccc24)cc1. The van der Waals surface area contributed by atoms with Crippen LogP contribution in [0.2, 0.25) is 0 Å². The van der Waals surface area contributed by atoms with E-state index in [2.05, 4.69) is 200 Å². The number of benzene rings is 9. The van der Waals surface area contributed by atoms with Crippen LogP contribution in [0.15, 0.2) is 205 Å². The molecule has 2 aromatic heterocycles. The first-order valence-electron chi connectivity index (χ1n) is 19.7. The smallest absolute Gasteiger partial charge is 0.167 e. The lowest BCUT2D eigenvalue weighted by Crippen LogP contribution is -2.28. The van der Waals surface area contributed by atoms with Crippen molar-refractivity contribution in [2.24, 2.45) is 0 Å². The third kappa shape index (κ3) is 4.85. The minimum Gasteiger partial charge on any atom is -0.455 e. The van der Waals surface area contributed by atoms with Gasteiger partial charge in [0.25, 0.3) is 0 Å². The Labute approximate surface area is 334 Å². The summed E-state index contributed by atoms with van der Waals surface area (Å²) in [5, 5.41) is 6.67. The maximum absolute atomic E-state index is 7.03. The number of rotatable bonds is 5. The lowest BCUT2D eigenvalue weighted by molar-refractivity contribution is 0.666. The first-order valence-corrected chi connectivity index (χ1v) is 19.7. The highest BCUT2D eigenvalue weighted by Gasteiger charge is 2.46. The van der Waals surface area contributed by atoms with Crippen molar-refractivity contribution in [2.45, 2.75) is 5.41 Å². The van der Waals surface area contributed by atoms with E-state index >= 15 is 0 Å². The van der Waals surface area contributed by atoms with Gasteiger partial charge in [0.1, 0.15) is 11.2 Å². The monoisotopic (exact) mass is 739 g/mol. The summed E-state index contributed by atoms with van der Waals surface area (Å²) in [6.07, 6.45) is 0. The highest BCUT2D eigenvalue weighted by atomic mass is 16.3. The molecule has 0 saturated carbocycles. The fraction of sp³-hybridized carbons (Fsp3) is 0.0185. The molecule has 58 heavy (non-hydrogen) atoms. The average Bonchev–Trinajstić information content (AvgIpc) is 3.81. The van der Waals surface area contributed by atoms with E-state index in [1.807, 2.05) is 0 Å². The van der Waals surface area contributed by atoms with Gasteiger partial charge >= 0.3 is 0 Å². The second-order valence-electron chi connectivity index (χ2n) is 15.1. The van der Waals surface area contributed by atoms with E-state index in [4.69, 9.17) is 19.4 Å². The van der Waals surface area contributed by atoms with E-state index in [9.17, 15) is 0 Å². The summed E-state index contributed by atoms with van der Waals surface area (Å²) < 4.78 is 7.03. The molecule has 1 aliphatic carbocycles. The van der Waals surface area contributed by atoms with Crippen LogP contribution >= 0.6 is 0 Å². The van der Waals surface area contributed by atoms with E-state index in [0.29, 0.717) is 17.5 Å². The molecule has 4 nitrogen and oxygen atoms in total. The van der Waals surface area contributed by atoms with Crippen molar-refractivity contribution in [2.75, 3.05) is 0 Å². The molecule has 0 unspecified atom stereocenters. The maximum atomic E-state index is 7.03. The number of hydrogen-bond acceptors (Lipinski definition) is 4. The average molecular weight is 740 g/mol. The van der Waals surface area contributed by atoms with Gasteiger partial charge in [0, 0.05) is 21.9 Å². The van der Waals surface area contributed by atoms with Crippen LogP contribution in [0.4, 0.5) is 0 Å². The van der Waals surface area contributed by atoms with Crippen molar-refractivity contribution in [1.29, 1.82) is 0 Å². The number of hydrogen-bond donors (Lipinski definition) is 0. The second kappa shape index (κ2) is 12.7. The number of nitrogens with zero attached hydrogens (tertiary/aromatic N) is 3. The van der Waals surface area contributed by atoms with Gasteiger partial charge in [-0.1, -0.05) is 170 Å². The normalized spacial score (nSPS) is 13.0. The molecule has 0 amide bonds. The fourth-order valence-corrected chi connectivity index (χ4v) is 9.32. The van der Waals surface area contributed by atoms with E-state index in [1.54, 1.807) is 0 Å². The van der Waals surface area contributed by atoms with E-state index in [0.717, 1.165) is 49.4 Å². The molecule has 0 saturated heterocycles. The van der Waals surface area contributed by atoms with Gasteiger partial charge in [-0.15, -0.1) is 0 Å². The summed E-state index contributed by atoms with van der Waals surface area (Å²) >= 11 is 0. The number of fused-ring (bicyclic) bond motifs is 8. The predicted octanol–water partition coefficient (Wildman–Crippen LogP) is 13.4. The minimum atomic E-state index is -0.526. The van der Waals surface area contributed by atoms with Crippen molar-refractivity contribution in [1.82, 2.24) is 15.0 Å². The Morgan fingerprint density at radius 1 is 0.345 bits per heavy atom. The molecule has 0 radical (unpaired) electrons. The summed E-state index contributed by atoms with van der Waals surface area (Å²) in [6.45, 7) is 0. The summed E-state index contributed by atoms with van der Waals surface area (Å²) in [5.74, 6) is 1.78. The third-order valence-corrected chi connectivity index (χ3v) is 12.0. The molecule has 4 heteroatoms. The summed E-state index contributed by atoms with van der Waals surface area (Å²) in [5.41, 5.74) is 11.1. The molecule has 0 spiro atoms. The Balaban J connectivity index is 1.10. The molecule has 1 aliphatic rings. The zero-order chi connectivity index (χ0) is 38.2. The van der Waals surface area contributed by atoms with E-state index < -0.39 is 5.41 Å². The van der Waals surface area contributed by atoms with Gasteiger partial charge in [0.15, 0.2) is 17.5 Å². The Kier molecular flexibility index (Phi) is 7.11. The quantitative estimate of drug-likeness (QED) is 0.176. The van der Waals surface area contributed by atoms with Crippen LogP contribution in [0, 0.1) is 0 Å². The Hall–Kier alpha value is -7.69. The van der Waals surface area contributed by atoms with Crippen LogP contribution < -0.4 is 0 Å². The molecule has 270 valence electrons. The summed E-state index contributed by atoms with van der Waals surface area (Å²) in [6, 6.07) is 71.0. The van der Waals surface area contributed by atoms with Crippen molar-refractivity contribution in [3.8, 4) is 45.3 Å². The van der Waals surface area contributed by atoms with Gasteiger partial charge in [-0.2, -0.15) is 0 Å². The fourth-order valence-electron chi connectivity index (χ4n) is 9.32. The van der Waals surface area contributed by atoms with Gasteiger partial charge in [-0.25, -0.2) is 15.0 Å². The number of para-hydroxylation sites is 1. The van der Waals surface area contributed by atoms with Crippen molar-refractivity contribution < 1.29 is 4.42 Å². The molecule has 2 heterocycles. The molecule has 12 rings (SSSR count). The van der Waals surface area contributed by atoms with Gasteiger partial charge in [0.05, 0.1) is 11.0 Å². The zero-order valence-electron chi connectivity index (χ0n) is 31.3. The summed E-state index contributed by atoms with van der Waals surface area (Å²) in [4.78, 5) is 15.5. The summed E-state index contributed by atoms with van der Waals surface area (Å²) in [7, 11) is 0. The predicted molar refractivity (Wildman–Crippen MR) is 236 cm³/mol. The molecule has 0 aliphatic heterocycles. The largest absolute Gasteiger partial charge is 0.455 e. The second-order valence-corrected chi connectivity index (χ2v) is 15.1. The van der Waals surface area contributed by atoms with Crippen LogP contribution in [0.3, 0.4) is 0 Å². The lowest BCUT2D eigenvalue weighted by atomic mass is 9.67. The topological polar surface area (TPSA) is 51.8 Å². The number of aromatic nitrogens is 3. The minimum absolute atomic E-state index is 0.526. The first kappa shape index (κ1) is 32.5. The molecule has 0 atom stereocenters. The lowest BCUT2D eigenvalue weighted by Gasteiger charge is -2.33. The Bertz CT molecular complexity index is 3270. The molecule has 11 aromatic rings. The van der Waals surface area contributed by atoms with E-state index in [1.165, 1.54) is 44.2 Å². The van der Waals surface area contributed by atoms with Crippen LogP contribution in [-0.2, 0) is 5.41 Å². The molecule has 0 fully saturated rings. The van der Waals surface area contributed by atoms with Gasteiger partial charge in [-0.05, 0) is 85.3 Å². The van der Waals surface area contributed by atoms with Gasteiger partial charge < -0.3 is 4.42 Å². The maximum Gasteiger partial charge on any atom is 0.167 e. The molecular weight excluding hydrogens is 707 g/mol. The highest BCUT2D eigenvalue weighted by Crippen LogP contribution is 2.57. The first-order chi connectivity index (χ1) is 28.7. The molecule has 0 bridgehead atoms. The Morgan fingerprint density at radius 2 is 0.879 bits per heavy atom. The van der Waals surface area contributed by atoms with E-state index in [-0.39, 0.29) is 0 Å². The molecule has 9 aromatic carbocycles. The van der Waals surface area contributed by atoms with Gasteiger partial charge in [0.2, 0.25) is 0 Å². The third-order valence-electron chi connectivity index (χ3n) is 12.0.